The third-order valence-corrected chi connectivity index (χ3v) is 3.69. The Hall–Kier alpha value is -1.79. The fraction of sp³-hybridized carbons (Fsp3) is 0.500. The van der Waals surface area contributed by atoms with Crippen molar-refractivity contribution in [3.05, 3.63) is 35.1 Å². The van der Waals surface area contributed by atoms with Crippen molar-refractivity contribution < 1.29 is 17.6 Å². The maximum Gasteiger partial charge on any atom is 0.416 e. The van der Waals surface area contributed by atoms with E-state index in [0.717, 1.165) is 12.1 Å². The number of hydrogen-bond donors (Lipinski definition) is 1. The monoisotopic (exact) mass is 303 g/mol. The highest BCUT2D eigenvalue weighted by Gasteiger charge is 2.45. The minimum atomic E-state index is -4.56. The third kappa shape index (κ3) is 3.46. The zero-order valence-electron chi connectivity index (χ0n) is 11.8. The summed E-state index contributed by atoms with van der Waals surface area (Å²) in [7, 11) is 3.45. The van der Waals surface area contributed by atoms with Crippen LogP contribution in [0.4, 0.5) is 17.6 Å². The Kier molecular flexibility index (Phi) is 3.86. The number of benzene rings is 1. The molecule has 7 heteroatoms. The minimum Gasteiger partial charge on any atom is -0.370 e. The average molecular weight is 303 g/mol. The van der Waals surface area contributed by atoms with E-state index in [-0.39, 0.29) is 6.54 Å². The van der Waals surface area contributed by atoms with E-state index < -0.39 is 23.0 Å². The molecule has 3 nitrogen and oxygen atoms in total. The smallest absolute Gasteiger partial charge is 0.370 e. The zero-order valence-corrected chi connectivity index (χ0v) is 11.8. The lowest BCUT2D eigenvalue weighted by atomic mass is 9.94. The van der Waals surface area contributed by atoms with Gasteiger partial charge in [-0.15, -0.1) is 0 Å². The molecular formula is C14H17F4N3. The van der Waals surface area contributed by atoms with E-state index in [0.29, 0.717) is 30.4 Å². The summed E-state index contributed by atoms with van der Waals surface area (Å²) < 4.78 is 51.7. The van der Waals surface area contributed by atoms with Gasteiger partial charge in [-0.05, 0) is 36.6 Å². The number of alkyl halides is 3. The van der Waals surface area contributed by atoms with Gasteiger partial charge in [-0.1, -0.05) is 0 Å². The molecule has 2 N–H and O–H groups in total. The van der Waals surface area contributed by atoms with E-state index in [1.807, 2.05) is 0 Å². The average Bonchev–Trinajstić information content (AvgIpc) is 3.15. The van der Waals surface area contributed by atoms with E-state index in [1.165, 1.54) is 0 Å². The molecule has 1 aromatic rings. The van der Waals surface area contributed by atoms with Gasteiger partial charge < -0.3 is 10.6 Å². The van der Waals surface area contributed by atoms with Crippen LogP contribution >= 0.6 is 0 Å². The van der Waals surface area contributed by atoms with Gasteiger partial charge in [-0.25, -0.2) is 4.39 Å². The zero-order chi connectivity index (χ0) is 15.8. The number of halogens is 4. The van der Waals surface area contributed by atoms with Crippen molar-refractivity contribution in [2.24, 2.45) is 10.7 Å². The molecule has 0 amide bonds. The summed E-state index contributed by atoms with van der Waals surface area (Å²) in [4.78, 5) is 5.79. The van der Waals surface area contributed by atoms with Gasteiger partial charge in [-0.2, -0.15) is 13.2 Å². The van der Waals surface area contributed by atoms with Crippen LogP contribution in [0.3, 0.4) is 0 Å². The van der Waals surface area contributed by atoms with Crippen molar-refractivity contribution in [2.75, 3.05) is 20.6 Å². The number of nitrogens with zero attached hydrogens (tertiary/aromatic N) is 2. The normalized spacial score (nSPS) is 17.7. The van der Waals surface area contributed by atoms with Gasteiger partial charge >= 0.3 is 6.18 Å². The van der Waals surface area contributed by atoms with Crippen molar-refractivity contribution >= 4 is 5.96 Å². The van der Waals surface area contributed by atoms with Crippen molar-refractivity contribution in [3.8, 4) is 0 Å². The first-order chi connectivity index (χ1) is 9.64. The van der Waals surface area contributed by atoms with Gasteiger partial charge in [0.05, 0.1) is 12.1 Å². The van der Waals surface area contributed by atoms with E-state index in [4.69, 9.17) is 5.73 Å². The molecule has 0 spiro atoms. The Morgan fingerprint density at radius 1 is 1.29 bits per heavy atom. The largest absolute Gasteiger partial charge is 0.416 e. The third-order valence-electron chi connectivity index (χ3n) is 3.69. The Balaban J connectivity index is 2.29. The van der Waals surface area contributed by atoms with Gasteiger partial charge in [0.1, 0.15) is 5.82 Å². The summed E-state index contributed by atoms with van der Waals surface area (Å²) >= 11 is 0. The van der Waals surface area contributed by atoms with Crippen LogP contribution in [0, 0.1) is 5.82 Å². The number of nitrogens with two attached hydrogens (primary N) is 1. The minimum absolute atomic E-state index is 0.262. The molecule has 2 rings (SSSR count). The summed E-state index contributed by atoms with van der Waals surface area (Å²) in [6.45, 7) is 0.262. The van der Waals surface area contributed by atoms with E-state index in [9.17, 15) is 17.6 Å². The summed E-state index contributed by atoms with van der Waals surface area (Å²) in [5, 5.41) is 0. The molecule has 116 valence electrons. The first-order valence-corrected chi connectivity index (χ1v) is 6.50. The molecular weight excluding hydrogens is 286 g/mol. The Bertz CT molecular complexity index is 560. The molecule has 0 saturated heterocycles. The molecule has 0 aromatic heterocycles. The predicted molar refractivity (Wildman–Crippen MR) is 72.5 cm³/mol. The highest BCUT2D eigenvalue weighted by molar-refractivity contribution is 5.77. The van der Waals surface area contributed by atoms with Crippen LogP contribution in [-0.2, 0) is 11.6 Å². The molecule has 0 atom stereocenters. The van der Waals surface area contributed by atoms with Gasteiger partial charge in [0.25, 0.3) is 0 Å². The Morgan fingerprint density at radius 3 is 2.38 bits per heavy atom. The standard InChI is InChI=1S/C14H17F4N3/c1-21(2)12(19)20-8-13(3-4-13)9-5-10(14(16,17)18)7-11(15)6-9/h5-7H,3-4,8H2,1-2H3,(H2,19,20). The molecule has 1 saturated carbocycles. The first-order valence-electron chi connectivity index (χ1n) is 6.50. The second kappa shape index (κ2) is 5.20. The molecule has 1 fully saturated rings. The molecule has 1 aliphatic carbocycles. The topological polar surface area (TPSA) is 41.6 Å². The maximum atomic E-state index is 13.5. The second-order valence-corrected chi connectivity index (χ2v) is 5.58. The summed E-state index contributed by atoms with van der Waals surface area (Å²) in [6, 6.07) is 2.68. The number of aliphatic imine (C=N–C) groups is 1. The number of guanidine groups is 1. The van der Waals surface area contributed by atoms with Crippen molar-refractivity contribution in [3.63, 3.8) is 0 Å². The molecule has 1 aromatic carbocycles. The van der Waals surface area contributed by atoms with E-state index in [1.54, 1.807) is 19.0 Å². The number of hydrogen-bond acceptors (Lipinski definition) is 1. The molecule has 0 unspecified atom stereocenters. The molecule has 21 heavy (non-hydrogen) atoms. The van der Waals surface area contributed by atoms with Crippen LogP contribution in [0.1, 0.15) is 24.0 Å². The number of rotatable bonds is 3. The van der Waals surface area contributed by atoms with E-state index >= 15 is 0 Å². The summed E-state index contributed by atoms with van der Waals surface area (Å²) in [6.07, 6.45) is -3.20. The fourth-order valence-corrected chi connectivity index (χ4v) is 2.12. The lowest BCUT2D eigenvalue weighted by molar-refractivity contribution is -0.137. The SMILES string of the molecule is CN(C)C(N)=NCC1(c2cc(F)cc(C(F)(F)F)c2)CC1. The van der Waals surface area contributed by atoms with Crippen LogP contribution in [0.25, 0.3) is 0 Å². The van der Waals surface area contributed by atoms with Crippen LogP contribution < -0.4 is 5.73 Å². The highest BCUT2D eigenvalue weighted by atomic mass is 19.4. The lowest BCUT2D eigenvalue weighted by Gasteiger charge is -2.17. The quantitative estimate of drug-likeness (QED) is 0.530. The summed E-state index contributed by atoms with van der Waals surface area (Å²) in [5.41, 5.74) is 4.53. The van der Waals surface area contributed by atoms with Crippen LogP contribution in [0.2, 0.25) is 0 Å². The van der Waals surface area contributed by atoms with E-state index in [2.05, 4.69) is 4.99 Å². The fourth-order valence-electron chi connectivity index (χ4n) is 2.12. The van der Waals surface area contributed by atoms with Gasteiger partial charge in [-0.3, -0.25) is 4.99 Å². The Labute approximate surface area is 120 Å². The predicted octanol–water partition coefficient (Wildman–Crippen LogP) is 2.75. The molecule has 0 bridgehead atoms. The van der Waals surface area contributed by atoms with Gasteiger partial charge in [0.2, 0.25) is 0 Å². The molecule has 0 heterocycles. The van der Waals surface area contributed by atoms with Gasteiger partial charge in [0.15, 0.2) is 5.96 Å². The van der Waals surface area contributed by atoms with Crippen molar-refractivity contribution in [2.45, 2.75) is 24.4 Å². The maximum absolute atomic E-state index is 13.5. The van der Waals surface area contributed by atoms with Gasteiger partial charge in [0, 0.05) is 19.5 Å². The molecule has 1 aliphatic rings. The lowest BCUT2D eigenvalue weighted by Crippen LogP contribution is -2.31. The summed E-state index contributed by atoms with van der Waals surface area (Å²) in [5.74, 6) is -0.579. The molecule has 0 radical (unpaired) electrons. The van der Waals surface area contributed by atoms with Crippen molar-refractivity contribution in [1.82, 2.24) is 4.90 Å². The van der Waals surface area contributed by atoms with Crippen LogP contribution in [0.5, 0.6) is 0 Å². The van der Waals surface area contributed by atoms with Crippen LogP contribution in [-0.4, -0.2) is 31.5 Å². The Morgan fingerprint density at radius 2 is 1.90 bits per heavy atom. The highest BCUT2D eigenvalue weighted by Crippen LogP contribution is 2.49. The van der Waals surface area contributed by atoms with Crippen LogP contribution in [0.15, 0.2) is 23.2 Å². The van der Waals surface area contributed by atoms with Crippen molar-refractivity contribution in [1.29, 1.82) is 0 Å². The molecule has 0 aliphatic heterocycles. The first kappa shape index (κ1) is 15.6. The second-order valence-electron chi connectivity index (χ2n) is 5.58.